The van der Waals surface area contributed by atoms with Crippen LogP contribution in [0.15, 0.2) is 24.3 Å². The van der Waals surface area contributed by atoms with Gasteiger partial charge in [-0.2, -0.15) is 13.2 Å². The van der Waals surface area contributed by atoms with Gasteiger partial charge in [-0.3, -0.25) is 4.79 Å². The molecule has 0 spiro atoms. The van der Waals surface area contributed by atoms with E-state index < -0.39 is 23.6 Å². The molecule has 1 aliphatic rings. The van der Waals surface area contributed by atoms with E-state index in [1.165, 1.54) is 17.0 Å². The lowest BCUT2D eigenvalue weighted by Gasteiger charge is -2.35. The Labute approximate surface area is 150 Å². The van der Waals surface area contributed by atoms with Gasteiger partial charge in [0, 0.05) is 19.1 Å². The number of nitrogens with zero attached hydrogens (tertiary/aromatic N) is 1. The zero-order valence-corrected chi connectivity index (χ0v) is 14.7. The lowest BCUT2D eigenvalue weighted by atomic mass is 9.91. The third kappa shape index (κ3) is 5.37. The summed E-state index contributed by atoms with van der Waals surface area (Å²) in [5.41, 5.74) is -0.0267. The maximum atomic E-state index is 12.6. The number of carboxylic acid groups (broad SMARTS) is 1. The van der Waals surface area contributed by atoms with E-state index in [4.69, 9.17) is 0 Å². The number of nitrogens with one attached hydrogen (secondary N) is 1. The Morgan fingerprint density at radius 2 is 1.88 bits per heavy atom. The Morgan fingerprint density at radius 3 is 2.42 bits per heavy atom. The molecule has 8 heteroatoms. The van der Waals surface area contributed by atoms with Crippen LogP contribution in [0.3, 0.4) is 0 Å². The molecule has 2 N–H and O–H groups in total. The third-order valence-corrected chi connectivity index (χ3v) is 4.49. The number of hydrogen-bond donors (Lipinski definition) is 2. The second kappa shape index (κ2) is 7.97. The molecular weight excluding hydrogens is 349 g/mol. The molecule has 0 saturated carbocycles. The molecule has 2 rings (SSSR count). The Bertz CT molecular complexity index is 646. The van der Waals surface area contributed by atoms with Crippen LogP contribution in [0.25, 0.3) is 0 Å². The van der Waals surface area contributed by atoms with Crippen molar-refractivity contribution in [2.24, 2.45) is 11.8 Å². The maximum absolute atomic E-state index is 12.6. The second-order valence-corrected chi connectivity index (χ2v) is 7.03. The first-order chi connectivity index (χ1) is 12.1. The predicted octanol–water partition coefficient (Wildman–Crippen LogP) is 3.39. The number of carbonyl (C=O) groups is 2. The van der Waals surface area contributed by atoms with Gasteiger partial charge in [0.25, 0.3) is 0 Å². The summed E-state index contributed by atoms with van der Waals surface area (Å²) in [5, 5.41) is 12.0. The van der Waals surface area contributed by atoms with Gasteiger partial charge in [-0.1, -0.05) is 19.1 Å². The molecule has 144 valence electrons. The van der Waals surface area contributed by atoms with E-state index in [1.54, 1.807) is 6.92 Å². The fourth-order valence-corrected chi connectivity index (χ4v) is 3.23. The minimum Gasteiger partial charge on any atom is -0.481 e. The number of carbonyl (C=O) groups excluding carboxylic acids is 1. The summed E-state index contributed by atoms with van der Waals surface area (Å²) in [6.45, 7) is 4.32. The minimum atomic E-state index is -4.37. The average Bonchev–Trinajstić information content (AvgIpc) is 2.53. The standard InChI is InChI=1S/C18H23F3N2O3/c1-11-7-14(16(24)25)10-23(9-11)17(26)22-12(2)8-13-3-5-15(6-4-13)18(19,20)21/h3-6,11-12,14H,7-10H2,1-2H3,(H,22,26)(H,24,25). The van der Waals surface area contributed by atoms with Gasteiger partial charge in [-0.15, -0.1) is 0 Å². The van der Waals surface area contributed by atoms with Gasteiger partial charge in [0.15, 0.2) is 0 Å². The van der Waals surface area contributed by atoms with Crippen molar-refractivity contribution in [2.75, 3.05) is 13.1 Å². The Kier molecular flexibility index (Phi) is 6.15. The first-order valence-corrected chi connectivity index (χ1v) is 8.50. The molecule has 1 aromatic rings. The quantitative estimate of drug-likeness (QED) is 0.851. The van der Waals surface area contributed by atoms with E-state index in [9.17, 15) is 27.9 Å². The molecule has 5 nitrogen and oxygen atoms in total. The normalized spacial score (nSPS) is 22.0. The molecule has 1 saturated heterocycles. The molecule has 1 fully saturated rings. The largest absolute Gasteiger partial charge is 0.481 e. The number of carboxylic acids is 1. The van der Waals surface area contributed by atoms with E-state index in [-0.39, 0.29) is 24.5 Å². The summed E-state index contributed by atoms with van der Waals surface area (Å²) < 4.78 is 37.7. The highest BCUT2D eigenvalue weighted by molar-refractivity contribution is 5.76. The van der Waals surface area contributed by atoms with Crippen LogP contribution in [-0.4, -0.2) is 41.1 Å². The molecule has 1 heterocycles. The monoisotopic (exact) mass is 372 g/mol. The van der Waals surface area contributed by atoms with Crippen molar-refractivity contribution in [3.05, 3.63) is 35.4 Å². The molecule has 26 heavy (non-hydrogen) atoms. The average molecular weight is 372 g/mol. The first kappa shape index (κ1) is 20.1. The van der Waals surface area contributed by atoms with E-state index in [0.717, 1.165) is 12.1 Å². The van der Waals surface area contributed by atoms with Crippen LogP contribution in [-0.2, 0) is 17.4 Å². The van der Waals surface area contributed by atoms with Crippen LogP contribution in [0.5, 0.6) is 0 Å². The highest BCUT2D eigenvalue weighted by Gasteiger charge is 2.32. The fraction of sp³-hybridized carbons (Fsp3) is 0.556. The van der Waals surface area contributed by atoms with Gasteiger partial charge >= 0.3 is 18.2 Å². The number of urea groups is 1. The summed E-state index contributed by atoms with van der Waals surface area (Å²) in [7, 11) is 0. The molecular formula is C18H23F3N2O3. The van der Waals surface area contributed by atoms with Crippen molar-refractivity contribution in [3.63, 3.8) is 0 Å². The number of piperidine rings is 1. The van der Waals surface area contributed by atoms with E-state index in [0.29, 0.717) is 24.9 Å². The van der Waals surface area contributed by atoms with Crippen molar-refractivity contribution >= 4 is 12.0 Å². The molecule has 2 amide bonds. The summed E-state index contributed by atoms with van der Waals surface area (Å²) in [5.74, 6) is -1.39. The second-order valence-electron chi connectivity index (χ2n) is 7.03. The number of hydrogen-bond acceptors (Lipinski definition) is 2. The SMILES string of the molecule is CC1CC(C(=O)O)CN(C(=O)NC(C)Cc2ccc(C(F)(F)F)cc2)C1. The Hall–Kier alpha value is -2.25. The number of rotatable bonds is 4. The molecule has 3 atom stereocenters. The molecule has 1 aromatic carbocycles. The third-order valence-electron chi connectivity index (χ3n) is 4.49. The predicted molar refractivity (Wildman–Crippen MR) is 89.6 cm³/mol. The zero-order valence-electron chi connectivity index (χ0n) is 14.7. The maximum Gasteiger partial charge on any atom is 0.416 e. The van der Waals surface area contributed by atoms with Gasteiger partial charge in [-0.05, 0) is 43.4 Å². The summed E-state index contributed by atoms with van der Waals surface area (Å²) in [4.78, 5) is 25.1. The highest BCUT2D eigenvalue weighted by atomic mass is 19.4. The molecule has 1 aliphatic heterocycles. The highest BCUT2D eigenvalue weighted by Crippen LogP contribution is 2.29. The molecule has 0 aliphatic carbocycles. The molecule has 0 bridgehead atoms. The van der Waals surface area contributed by atoms with Crippen LogP contribution < -0.4 is 5.32 Å². The Balaban J connectivity index is 1.91. The van der Waals surface area contributed by atoms with Crippen molar-refractivity contribution in [1.82, 2.24) is 10.2 Å². The lowest BCUT2D eigenvalue weighted by molar-refractivity contribution is -0.143. The van der Waals surface area contributed by atoms with Crippen molar-refractivity contribution in [2.45, 2.75) is 38.9 Å². The summed E-state index contributed by atoms with van der Waals surface area (Å²) in [6.07, 6.45) is -3.44. The van der Waals surface area contributed by atoms with Gasteiger partial charge in [0.1, 0.15) is 0 Å². The number of amides is 2. The number of halogens is 3. The smallest absolute Gasteiger partial charge is 0.416 e. The van der Waals surface area contributed by atoms with Crippen molar-refractivity contribution in [1.29, 1.82) is 0 Å². The number of aliphatic carboxylic acids is 1. The van der Waals surface area contributed by atoms with Gasteiger partial charge in [-0.25, -0.2) is 4.79 Å². The zero-order chi connectivity index (χ0) is 19.5. The van der Waals surface area contributed by atoms with Crippen LogP contribution in [0.2, 0.25) is 0 Å². The molecule has 0 radical (unpaired) electrons. The van der Waals surface area contributed by atoms with Gasteiger partial charge < -0.3 is 15.3 Å². The summed E-state index contributed by atoms with van der Waals surface area (Å²) in [6, 6.07) is 4.20. The fourth-order valence-electron chi connectivity index (χ4n) is 3.23. The molecule has 3 unspecified atom stereocenters. The summed E-state index contributed by atoms with van der Waals surface area (Å²) >= 11 is 0. The lowest BCUT2D eigenvalue weighted by Crippen LogP contribution is -2.51. The molecule has 0 aromatic heterocycles. The van der Waals surface area contributed by atoms with E-state index >= 15 is 0 Å². The van der Waals surface area contributed by atoms with Gasteiger partial charge in [0.05, 0.1) is 11.5 Å². The van der Waals surface area contributed by atoms with E-state index in [2.05, 4.69) is 5.32 Å². The van der Waals surface area contributed by atoms with Crippen LogP contribution >= 0.6 is 0 Å². The number of benzene rings is 1. The van der Waals surface area contributed by atoms with Gasteiger partial charge in [0.2, 0.25) is 0 Å². The van der Waals surface area contributed by atoms with E-state index in [1.807, 2.05) is 6.92 Å². The topological polar surface area (TPSA) is 69.6 Å². The number of likely N-dealkylation sites (tertiary alicyclic amines) is 1. The first-order valence-electron chi connectivity index (χ1n) is 8.50. The van der Waals surface area contributed by atoms with Crippen LogP contribution in [0.1, 0.15) is 31.4 Å². The Morgan fingerprint density at radius 1 is 1.27 bits per heavy atom. The van der Waals surface area contributed by atoms with Crippen molar-refractivity contribution < 1.29 is 27.9 Å². The van der Waals surface area contributed by atoms with Crippen LogP contribution in [0, 0.1) is 11.8 Å². The number of alkyl halides is 3. The minimum absolute atomic E-state index is 0.0980. The van der Waals surface area contributed by atoms with Crippen molar-refractivity contribution in [3.8, 4) is 0 Å². The van der Waals surface area contributed by atoms with Crippen LogP contribution in [0.4, 0.5) is 18.0 Å².